The first kappa shape index (κ1) is 52.2. The Kier molecular flexibility index (Phi) is 35.6. The molecule has 0 amide bonds. The molecule has 0 saturated heterocycles. The molecular weight excluding hydrogens is 701 g/mol. The van der Waals surface area contributed by atoms with Gasteiger partial charge in [0.2, 0.25) is 0 Å². The number of hydrogen-bond acceptors (Lipinski definition) is 8. The van der Waals surface area contributed by atoms with E-state index in [4.69, 9.17) is 18.5 Å². The highest BCUT2D eigenvalue weighted by atomic mass is 31.2. The fourth-order valence-corrected chi connectivity index (χ4v) is 6.43. The van der Waals surface area contributed by atoms with Crippen molar-refractivity contribution < 1.29 is 42.1 Å². The summed E-state index contributed by atoms with van der Waals surface area (Å²) in [7, 11) is 1.15. The van der Waals surface area contributed by atoms with Crippen LogP contribution in [0.15, 0.2) is 36.5 Å². The molecule has 0 aromatic heterocycles. The molecule has 0 aromatic carbocycles. The van der Waals surface area contributed by atoms with Crippen LogP contribution in [0.1, 0.15) is 181 Å². The normalized spacial score (nSPS) is 14.0. The molecule has 54 heavy (non-hydrogen) atoms. The van der Waals surface area contributed by atoms with Gasteiger partial charge < -0.3 is 27.9 Å². The first-order chi connectivity index (χ1) is 26.0. The third-order valence-electron chi connectivity index (χ3n) is 9.16. The summed E-state index contributed by atoms with van der Waals surface area (Å²) in [5, 5.41) is 0. The van der Waals surface area contributed by atoms with Crippen LogP contribution in [0.3, 0.4) is 0 Å². The Bertz CT molecular complexity index is 1020. The van der Waals surface area contributed by atoms with Gasteiger partial charge >= 0.3 is 11.9 Å². The SMILES string of the molecule is CCCCCC/C=C/C=C/CCCCCCCC(=O)O[C@H](COC(=O)CCCCC/C=C/CCCCCCCCCC)COP(=O)([O-])OCC[N+](C)(C)C. The maximum atomic E-state index is 12.6. The van der Waals surface area contributed by atoms with Crippen molar-refractivity contribution in [3.63, 3.8) is 0 Å². The fourth-order valence-electron chi connectivity index (χ4n) is 5.70. The van der Waals surface area contributed by atoms with Crippen molar-refractivity contribution in [1.29, 1.82) is 0 Å². The van der Waals surface area contributed by atoms with Gasteiger partial charge in [0.1, 0.15) is 19.8 Å². The Morgan fingerprint density at radius 1 is 0.574 bits per heavy atom. The lowest BCUT2D eigenvalue weighted by atomic mass is 10.1. The van der Waals surface area contributed by atoms with Gasteiger partial charge in [0, 0.05) is 12.8 Å². The number of phosphoric ester groups is 1. The summed E-state index contributed by atoms with van der Waals surface area (Å²) in [5.74, 6) is -0.870. The highest BCUT2D eigenvalue weighted by Gasteiger charge is 2.21. The molecule has 0 N–H and O–H groups in total. The number of allylic oxidation sites excluding steroid dienone is 6. The number of likely N-dealkylation sites (N-methyl/N-ethyl adjacent to an activating group) is 1. The second-order valence-electron chi connectivity index (χ2n) is 15.7. The topological polar surface area (TPSA) is 111 Å². The van der Waals surface area contributed by atoms with Gasteiger partial charge in [-0.2, -0.15) is 0 Å². The quantitative estimate of drug-likeness (QED) is 0.0151. The number of phosphoric acid groups is 1. The van der Waals surface area contributed by atoms with Crippen LogP contribution in [-0.4, -0.2) is 70.0 Å². The second-order valence-corrected chi connectivity index (χ2v) is 17.1. The zero-order chi connectivity index (χ0) is 40.0. The molecule has 0 radical (unpaired) electrons. The Morgan fingerprint density at radius 3 is 1.52 bits per heavy atom. The molecule has 0 aliphatic rings. The average molecular weight is 784 g/mol. The Balaban J connectivity index is 4.42. The van der Waals surface area contributed by atoms with E-state index in [2.05, 4.69) is 50.3 Å². The van der Waals surface area contributed by atoms with E-state index in [0.29, 0.717) is 23.9 Å². The van der Waals surface area contributed by atoms with Crippen molar-refractivity contribution in [2.45, 2.75) is 187 Å². The lowest BCUT2D eigenvalue weighted by Crippen LogP contribution is -2.37. The standard InChI is InChI=1S/C44H82NO8P/c1-6-8-10-12-14-16-18-20-22-24-26-28-30-32-34-36-43(46)50-40-42(41-52-54(48,49)51-39-38-45(3,4)5)53-44(47)37-35-33-31-29-27-25-23-21-19-17-15-13-11-9-7-2/h17,19,21,23-24,26,42H,6-16,18,20,22,25,27-41H2,1-5H3/b19-17+,23-21+,26-24+/t42-/m1/s1. The van der Waals surface area contributed by atoms with Gasteiger partial charge in [-0.05, 0) is 64.2 Å². The van der Waals surface area contributed by atoms with Crippen molar-refractivity contribution in [2.75, 3.05) is 47.5 Å². The van der Waals surface area contributed by atoms with E-state index in [1.165, 1.54) is 77.0 Å². The maximum absolute atomic E-state index is 12.6. The molecule has 0 aliphatic heterocycles. The summed E-state index contributed by atoms with van der Waals surface area (Å²) in [6.45, 7) is 4.16. The second kappa shape index (κ2) is 36.8. The number of hydrogen-bond donors (Lipinski definition) is 0. The average Bonchev–Trinajstić information content (AvgIpc) is 3.12. The smallest absolute Gasteiger partial charge is 0.306 e. The predicted octanol–water partition coefficient (Wildman–Crippen LogP) is 11.5. The first-order valence-corrected chi connectivity index (χ1v) is 23.2. The lowest BCUT2D eigenvalue weighted by molar-refractivity contribution is -0.870. The molecule has 9 nitrogen and oxygen atoms in total. The van der Waals surface area contributed by atoms with Gasteiger partial charge in [0.05, 0.1) is 27.7 Å². The van der Waals surface area contributed by atoms with E-state index in [0.717, 1.165) is 64.2 Å². The highest BCUT2D eigenvalue weighted by Crippen LogP contribution is 2.38. The summed E-state index contributed by atoms with van der Waals surface area (Å²) in [4.78, 5) is 37.5. The summed E-state index contributed by atoms with van der Waals surface area (Å²) in [6, 6.07) is 0. The van der Waals surface area contributed by atoms with Gasteiger partial charge in [-0.3, -0.25) is 14.2 Å². The van der Waals surface area contributed by atoms with E-state index in [-0.39, 0.29) is 26.1 Å². The summed E-state index contributed by atoms with van der Waals surface area (Å²) in [5.41, 5.74) is 0. The minimum Gasteiger partial charge on any atom is -0.756 e. The van der Waals surface area contributed by atoms with E-state index >= 15 is 0 Å². The molecule has 0 rings (SSSR count). The molecule has 10 heteroatoms. The van der Waals surface area contributed by atoms with Crippen LogP contribution in [0, 0.1) is 0 Å². The van der Waals surface area contributed by atoms with Crippen LogP contribution in [0.2, 0.25) is 0 Å². The number of quaternary nitrogens is 1. The number of carbonyl (C=O) groups is 2. The minimum absolute atomic E-state index is 0.0364. The first-order valence-electron chi connectivity index (χ1n) is 21.7. The van der Waals surface area contributed by atoms with Gasteiger partial charge in [0.15, 0.2) is 6.10 Å². The van der Waals surface area contributed by atoms with E-state index in [1.54, 1.807) is 0 Å². The summed E-state index contributed by atoms with van der Waals surface area (Å²) >= 11 is 0. The zero-order valence-corrected chi connectivity index (χ0v) is 36.3. The molecule has 0 bridgehead atoms. The molecule has 316 valence electrons. The molecule has 2 atom stereocenters. The Morgan fingerprint density at radius 2 is 1.00 bits per heavy atom. The summed E-state index contributed by atoms with van der Waals surface area (Å²) in [6.07, 6.45) is 40.2. The van der Waals surface area contributed by atoms with E-state index in [1.807, 2.05) is 21.1 Å². The molecule has 0 heterocycles. The maximum Gasteiger partial charge on any atom is 0.306 e. The number of rotatable bonds is 39. The van der Waals surface area contributed by atoms with Gasteiger partial charge in [0.25, 0.3) is 7.82 Å². The van der Waals surface area contributed by atoms with Crippen molar-refractivity contribution >= 4 is 19.8 Å². The molecule has 1 unspecified atom stereocenters. The van der Waals surface area contributed by atoms with Crippen LogP contribution in [-0.2, 0) is 32.7 Å². The van der Waals surface area contributed by atoms with Crippen LogP contribution in [0.25, 0.3) is 0 Å². The van der Waals surface area contributed by atoms with Crippen LogP contribution < -0.4 is 4.89 Å². The molecule has 0 aromatic rings. The third kappa shape index (κ3) is 39.9. The highest BCUT2D eigenvalue weighted by molar-refractivity contribution is 7.45. The minimum atomic E-state index is -4.63. The van der Waals surface area contributed by atoms with Crippen LogP contribution >= 0.6 is 7.82 Å². The van der Waals surface area contributed by atoms with Crippen molar-refractivity contribution in [3.05, 3.63) is 36.5 Å². The zero-order valence-electron chi connectivity index (χ0n) is 35.4. The molecule has 0 spiro atoms. The van der Waals surface area contributed by atoms with Crippen LogP contribution in [0.5, 0.6) is 0 Å². The van der Waals surface area contributed by atoms with E-state index < -0.39 is 32.5 Å². The largest absolute Gasteiger partial charge is 0.756 e. The molecular formula is C44H82NO8P. The van der Waals surface area contributed by atoms with Gasteiger partial charge in [-0.25, -0.2) is 0 Å². The summed E-state index contributed by atoms with van der Waals surface area (Å²) < 4.78 is 33.8. The monoisotopic (exact) mass is 784 g/mol. The van der Waals surface area contributed by atoms with Gasteiger partial charge in [-0.15, -0.1) is 0 Å². The molecule has 0 aliphatic carbocycles. The van der Waals surface area contributed by atoms with Crippen molar-refractivity contribution in [3.8, 4) is 0 Å². The number of ether oxygens (including phenoxy) is 2. The lowest BCUT2D eigenvalue weighted by Gasteiger charge is -2.28. The molecule has 0 fully saturated rings. The van der Waals surface area contributed by atoms with Crippen molar-refractivity contribution in [1.82, 2.24) is 0 Å². The van der Waals surface area contributed by atoms with Gasteiger partial charge in [-0.1, -0.05) is 140 Å². The van der Waals surface area contributed by atoms with Crippen LogP contribution in [0.4, 0.5) is 0 Å². The van der Waals surface area contributed by atoms with E-state index in [9.17, 15) is 19.0 Å². The predicted molar refractivity (Wildman–Crippen MR) is 222 cm³/mol. The number of nitrogens with zero attached hydrogens (tertiary/aromatic N) is 1. The third-order valence-corrected chi connectivity index (χ3v) is 10.1. The fraction of sp³-hybridized carbons (Fsp3) is 0.818. The number of unbranched alkanes of at least 4 members (excludes halogenated alkanes) is 20. The Labute approximate surface area is 331 Å². The number of esters is 2. The Hall–Kier alpha value is -1.77. The van der Waals surface area contributed by atoms with Crippen molar-refractivity contribution in [2.24, 2.45) is 0 Å². The number of carbonyl (C=O) groups excluding carboxylic acids is 2. The molecule has 0 saturated carbocycles.